The zero-order valence-electron chi connectivity index (χ0n) is 11.8. The molecule has 2 N–H and O–H groups in total. The minimum absolute atomic E-state index is 0.106. The summed E-state index contributed by atoms with van der Waals surface area (Å²) in [4.78, 5) is 0. The Morgan fingerprint density at radius 2 is 1.90 bits per heavy atom. The first-order chi connectivity index (χ1) is 10.2. The van der Waals surface area contributed by atoms with Crippen molar-refractivity contribution in [3.05, 3.63) is 53.1 Å². The van der Waals surface area contributed by atoms with Crippen LogP contribution in [0.25, 0.3) is 0 Å². The molecule has 21 heavy (non-hydrogen) atoms. The second-order valence-electron chi connectivity index (χ2n) is 5.40. The molecule has 0 spiro atoms. The smallest absolute Gasteiger partial charge is 0.134 e. The Morgan fingerprint density at radius 1 is 1.19 bits per heavy atom. The van der Waals surface area contributed by atoms with Crippen LogP contribution in [-0.2, 0) is 0 Å². The number of hydrogen-bond acceptors (Lipinski definition) is 3. The van der Waals surface area contributed by atoms with E-state index >= 15 is 0 Å². The van der Waals surface area contributed by atoms with Crippen LogP contribution in [0, 0.1) is 5.92 Å². The van der Waals surface area contributed by atoms with Crippen LogP contribution in [0.3, 0.4) is 0 Å². The van der Waals surface area contributed by atoms with Crippen LogP contribution in [-0.4, -0.2) is 12.2 Å². The molecule has 2 aromatic carbocycles. The highest BCUT2D eigenvalue weighted by molar-refractivity contribution is 6.32. The minimum atomic E-state index is 0.106. The lowest BCUT2D eigenvalue weighted by Gasteiger charge is -2.20. The molecule has 0 bridgehead atoms. The number of phenolic OH excluding ortho intramolecular Hbond substituents is 1. The molecule has 3 rings (SSSR count). The molecule has 0 aromatic heterocycles. The highest BCUT2D eigenvalue weighted by Gasteiger charge is 2.32. The van der Waals surface area contributed by atoms with Gasteiger partial charge in [-0.1, -0.05) is 23.7 Å². The van der Waals surface area contributed by atoms with Gasteiger partial charge in [-0.05, 0) is 54.7 Å². The number of benzene rings is 2. The molecule has 1 aliphatic rings. The lowest BCUT2D eigenvalue weighted by atomic mass is 10.0. The summed E-state index contributed by atoms with van der Waals surface area (Å²) < 4.78 is 5.21. The molecular weight excluding hydrogens is 286 g/mol. The Bertz CT molecular complexity index is 623. The zero-order chi connectivity index (χ0) is 14.8. The molecule has 0 amide bonds. The fourth-order valence-electron chi connectivity index (χ4n) is 2.49. The molecule has 0 heterocycles. The summed E-state index contributed by atoms with van der Waals surface area (Å²) in [6.07, 6.45) is 2.46. The van der Waals surface area contributed by atoms with E-state index in [-0.39, 0.29) is 11.8 Å². The quantitative estimate of drug-likeness (QED) is 0.792. The number of phenols is 1. The maximum absolute atomic E-state index is 9.50. The van der Waals surface area contributed by atoms with Crippen molar-refractivity contribution in [1.29, 1.82) is 0 Å². The van der Waals surface area contributed by atoms with E-state index in [2.05, 4.69) is 17.4 Å². The second kappa shape index (κ2) is 5.86. The Kier molecular flexibility index (Phi) is 3.93. The summed E-state index contributed by atoms with van der Waals surface area (Å²) in [5.41, 5.74) is 2.16. The van der Waals surface area contributed by atoms with Crippen molar-refractivity contribution in [3.8, 4) is 11.5 Å². The van der Waals surface area contributed by atoms with Crippen molar-refractivity contribution in [2.45, 2.75) is 18.9 Å². The van der Waals surface area contributed by atoms with Gasteiger partial charge in [0.25, 0.3) is 0 Å². The van der Waals surface area contributed by atoms with Crippen LogP contribution in [0.5, 0.6) is 11.5 Å². The van der Waals surface area contributed by atoms with Gasteiger partial charge in [0.05, 0.1) is 18.2 Å². The van der Waals surface area contributed by atoms with Crippen LogP contribution >= 0.6 is 11.6 Å². The van der Waals surface area contributed by atoms with Gasteiger partial charge in [-0.25, -0.2) is 0 Å². The number of nitrogens with one attached hydrogen (secondary N) is 1. The summed E-state index contributed by atoms with van der Waals surface area (Å²) in [6, 6.07) is 13.6. The van der Waals surface area contributed by atoms with Gasteiger partial charge in [0.2, 0.25) is 0 Å². The van der Waals surface area contributed by atoms with Crippen molar-refractivity contribution < 1.29 is 9.84 Å². The van der Waals surface area contributed by atoms with Crippen LogP contribution in [0.4, 0.5) is 5.69 Å². The summed E-state index contributed by atoms with van der Waals surface area (Å²) in [5.74, 6) is 1.61. The van der Waals surface area contributed by atoms with Crippen molar-refractivity contribution in [2.24, 2.45) is 5.92 Å². The third-order valence-corrected chi connectivity index (χ3v) is 4.14. The SMILES string of the molecule is COc1ccc(C(Nc2ccc(O)c(Cl)c2)C2CC2)cc1. The highest BCUT2D eigenvalue weighted by Crippen LogP contribution is 2.43. The topological polar surface area (TPSA) is 41.5 Å². The number of rotatable bonds is 5. The second-order valence-corrected chi connectivity index (χ2v) is 5.81. The number of halogens is 1. The zero-order valence-corrected chi connectivity index (χ0v) is 12.6. The Morgan fingerprint density at radius 3 is 2.48 bits per heavy atom. The van der Waals surface area contributed by atoms with E-state index in [1.54, 1.807) is 19.2 Å². The monoisotopic (exact) mass is 303 g/mol. The van der Waals surface area contributed by atoms with E-state index < -0.39 is 0 Å². The third kappa shape index (κ3) is 3.24. The lowest BCUT2D eigenvalue weighted by Crippen LogP contribution is -2.12. The van der Waals surface area contributed by atoms with E-state index in [1.807, 2.05) is 18.2 Å². The summed E-state index contributed by atoms with van der Waals surface area (Å²) in [7, 11) is 1.67. The van der Waals surface area contributed by atoms with Gasteiger partial charge in [-0.15, -0.1) is 0 Å². The van der Waals surface area contributed by atoms with Crippen molar-refractivity contribution in [1.82, 2.24) is 0 Å². The van der Waals surface area contributed by atoms with Gasteiger partial charge in [-0.3, -0.25) is 0 Å². The van der Waals surface area contributed by atoms with E-state index in [4.69, 9.17) is 16.3 Å². The van der Waals surface area contributed by atoms with E-state index in [0.717, 1.165) is 11.4 Å². The van der Waals surface area contributed by atoms with E-state index in [0.29, 0.717) is 10.9 Å². The molecule has 0 aliphatic heterocycles. The molecule has 1 aliphatic carbocycles. The molecular formula is C17H18ClNO2. The van der Waals surface area contributed by atoms with Crippen molar-refractivity contribution >= 4 is 17.3 Å². The van der Waals surface area contributed by atoms with Gasteiger partial charge >= 0.3 is 0 Å². The number of aromatic hydroxyl groups is 1. The number of anilines is 1. The fraction of sp³-hybridized carbons (Fsp3) is 0.294. The average Bonchev–Trinajstić information content (AvgIpc) is 3.33. The van der Waals surface area contributed by atoms with Gasteiger partial charge < -0.3 is 15.2 Å². The molecule has 2 aromatic rings. The van der Waals surface area contributed by atoms with Gasteiger partial charge in [0, 0.05) is 5.69 Å². The summed E-state index contributed by atoms with van der Waals surface area (Å²) >= 11 is 5.97. The van der Waals surface area contributed by atoms with Gasteiger partial charge in [0.15, 0.2) is 0 Å². The normalized spacial score (nSPS) is 15.5. The fourth-order valence-corrected chi connectivity index (χ4v) is 2.67. The van der Waals surface area contributed by atoms with E-state index in [1.165, 1.54) is 18.4 Å². The predicted molar refractivity (Wildman–Crippen MR) is 85.2 cm³/mol. The first kappa shape index (κ1) is 14.1. The molecule has 0 saturated heterocycles. The van der Waals surface area contributed by atoms with Gasteiger partial charge in [-0.2, -0.15) is 0 Å². The number of ether oxygens (including phenoxy) is 1. The maximum atomic E-state index is 9.50. The molecule has 1 atom stereocenters. The van der Waals surface area contributed by atoms with E-state index in [9.17, 15) is 5.11 Å². The van der Waals surface area contributed by atoms with Crippen molar-refractivity contribution in [3.63, 3.8) is 0 Å². The lowest BCUT2D eigenvalue weighted by molar-refractivity contribution is 0.414. The predicted octanol–water partition coefficient (Wildman–Crippen LogP) is 4.62. The maximum Gasteiger partial charge on any atom is 0.134 e. The number of hydrogen-bond donors (Lipinski definition) is 2. The van der Waals surface area contributed by atoms with Crippen LogP contribution < -0.4 is 10.1 Å². The molecule has 3 nitrogen and oxygen atoms in total. The Balaban J connectivity index is 1.82. The molecule has 4 heteroatoms. The van der Waals surface area contributed by atoms with Crippen LogP contribution in [0.1, 0.15) is 24.4 Å². The molecule has 1 fully saturated rings. The largest absolute Gasteiger partial charge is 0.506 e. The summed E-state index contributed by atoms with van der Waals surface area (Å²) in [5, 5.41) is 13.4. The standard InChI is InChI=1S/C17H18ClNO2/c1-21-14-7-4-12(5-8-14)17(11-2-3-11)19-13-6-9-16(20)15(18)10-13/h4-11,17,19-20H,2-3H2,1H3. The summed E-state index contributed by atoms with van der Waals surface area (Å²) in [6.45, 7) is 0. The molecule has 110 valence electrons. The van der Waals surface area contributed by atoms with Crippen LogP contribution in [0.15, 0.2) is 42.5 Å². The molecule has 1 unspecified atom stereocenters. The van der Waals surface area contributed by atoms with Crippen molar-refractivity contribution in [2.75, 3.05) is 12.4 Å². The molecule has 0 radical (unpaired) electrons. The number of methoxy groups -OCH3 is 1. The third-order valence-electron chi connectivity index (χ3n) is 3.84. The average molecular weight is 304 g/mol. The molecule has 1 saturated carbocycles. The highest BCUT2D eigenvalue weighted by atomic mass is 35.5. The Hall–Kier alpha value is -1.87. The van der Waals surface area contributed by atoms with Crippen LogP contribution in [0.2, 0.25) is 5.02 Å². The Labute approximate surface area is 129 Å². The van der Waals surface area contributed by atoms with Gasteiger partial charge in [0.1, 0.15) is 11.5 Å². The first-order valence-corrected chi connectivity index (χ1v) is 7.44. The first-order valence-electron chi connectivity index (χ1n) is 7.06. The minimum Gasteiger partial charge on any atom is -0.506 e.